The second kappa shape index (κ2) is 6.98. The molecule has 8 heteroatoms. The van der Waals surface area contributed by atoms with Crippen LogP contribution in [0.1, 0.15) is 5.69 Å². The van der Waals surface area contributed by atoms with Gasteiger partial charge < -0.3 is 9.80 Å². The number of benzene rings is 2. The van der Waals surface area contributed by atoms with E-state index >= 15 is 8.78 Å². The predicted molar refractivity (Wildman–Crippen MR) is 111 cm³/mol. The predicted octanol–water partition coefficient (Wildman–Crippen LogP) is 4.05. The Bertz CT molecular complexity index is 1260. The minimum atomic E-state index is -1.20. The number of aryl methyl sites for hydroxylation is 1. The lowest BCUT2D eigenvalue weighted by molar-refractivity contribution is 0.310. The molecule has 2 aromatic heterocycles. The van der Waals surface area contributed by atoms with Crippen molar-refractivity contribution in [2.24, 2.45) is 0 Å². The van der Waals surface area contributed by atoms with Crippen LogP contribution < -0.4 is 4.90 Å². The van der Waals surface area contributed by atoms with Crippen LogP contribution in [-0.2, 0) is 0 Å². The smallest absolute Gasteiger partial charge is 0.187 e. The van der Waals surface area contributed by atoms with E-state index in [4.69, 9.17) is 0 Å². The maximum absolute atomic E-state index is 15.5. The first-order valence-electron chi connectivity index (χ1n) is 9.81. The molecule has 5 nitrogen and oxygen atoms in total. The van der Waals surface area contributed by atoms with Crippen LogP contribution in [0.15, 0.2) is 36.4 Å². The molecule has 1 fully saturated rings. The van der Waals surface area contributed by atoms with Crippen molar-refractivity contribution < 1.29 is 13.2 Å². The van der Waals surface area contributed by atoms with Gasteiger partial charge in [-0.25, -0.2) is 22.8 Å². The lowest BCUT2D eigenvalue weighted by Gasteiger charge is -2.34. The number of anilines is 1. The first kappa shape index (κ1) is 18.9. The molecule has 154 valence electrons. The molecular formula is C22H20F3N5. The summed E-state index contributed by atoms with van der Waals surface area (Å²) in [4.78, 5) is 7.95. The Morgan fingerprint density at radius 1 is 0.867 bits per heavy atom. The zero-order valence-corrected chi connectivity index (χ0v) is 16.7. The Kier molecular flexibility index (Phi) is 4.39. The van der Waals surface area contributed by atoms with Gasteiger partial charge in [0.1, 0.15) is 11.2 Å². The van der Waals surface area contributed by atoms with Gasteiger partial charge in [0.15, 0.2) is 23.1 Å². The van der Waals surface area contributed by atoms with Gasteiger partial charge in [-0.2, -0.15) is 5.10 Å². The van der Waals surface area contributed by atoms with Gasteiger partial charge in [-0.05, 0) is 32.2 Å². The molecule has 0 N–H and O–H groups in total. The normalized spacial score (nSPS) is 15.4. The van der Waals surface area contributed by atoms with E-state index in [9.17, 15) is 4.39 Å². The minimum Gasteiger partial charge on any atom is -0.364 e. The molecule has 30 heavy (non-hydrogen) atoms. The fourth-order valence-corrected chi connectivity index (χ4v) is 4.01. The number of halogens is 3. The summed E-state index contributed by atoms with van der Waals surface area (Å²) in [5, 5.41) is 5.05. The first-order valence-corrected chi connectivity index (χ1v) is 9.81. The fourth-order valence-electron chi connectivity index (χ4n) is 4.01. The van der Waals surface area contributed by atoms with E-state index in [0.29, 0.717) is 42.9 Å². The van der Waals surface area contributed by atoms with E-state index in [-0.39, 0.29) is 16.6 Å². The average Bonchev–Trinajstić information content (AvgIpc) is 3.09. The van der Waals surface area contributed by atoms with Gasteiger partial charge in [-0.15, -0.1) is 0 Å². The highest BCUT2D eigenvalue weighted by molar-refractivity contribution is 5.95. The number of pyridine rings is 1. The lowest BCUT2D eigenvalue weighted by atomic mass is 10.1. The topological polar surface area (TPSA) is 37.2 Å². The molecule has 1 saturated heterocycles. The molecule has 5 rings (SSSR count). The van der Waals surface area contributed by atoms with E-state index in [1.54, 1.807) is 16.5 Å². The zero-order valence-electron chi connectivity index (χ0n) is 16.7. The third-order valence-corrected chi connectivity index (χ3v) is 5.72. The number of para-hydroxylation sites is 1. The van der Waals surface area contributed by atoms with Gasteiger partial charge in [-0.1, -0.05) is 18.2 Å². The molecule has 1 aliphatic rings. The van der Waals surface area contributed by atoms with Crippen LogP contribution in [0.25, 0.3) is 27.6 Å². The van der Waals surface area contributed by atoms with E-state index < -0.39 is 17.5 Å². The van der Waals surface area contributed by atoms with Gasteiger partial charge in [0.25, 0.3) is 0 Å². The number of likely N-dealkylation sites (N-methyl/N-ethyl adjacent to an activating group) is 1. The highest BCUT2D eigenvalue weighted by Crippen LogP contribution is 2.35. The summed E-state index contributed by atoms with van der Waals surface area (Å²) in [7, 11) is 1.94. The Hall–Kier alpha value is -3.13. The Morgan fingerprint density at radius 3 is 2.27 bits per heavy atom. The van der Waals surface area contributed by atoms with Crippen LogP contribution in [-0.4, -0.2) is 52.9 Å². The third-order valence-electron chi connectivity index (χ3n) is 5.72. The van der Waals surface area contributed by atoms with Crippen molar-refractivity contribution in [2.45, 2.75) is 6.92 Å². The van der Waals surface area contributed by atoms with Crippen LogP contribution in [0.2, 0.25) is 0 Å². The number of fused-ring (bicyclic) bond motifs is 2. The van der Waals surface area contributed by atoms with Crippen molar-refractivity contribution in [1.29, 1.82) is 0 Å². The van der Waals surface area contributed by atoms with Crippen LogP contribution in [0.3, 0.4) is 0 Å². The average molecular weight is 411 g/mol. The molecule has 0 amide bonds. The largest absolute Gasteiger partial charge is 0.364 e. The van der Waals surface area contributed by atoms with Crippen molar-refractivity contribution in [3.63, 3.8) is 0 Å². The Morgan fingerprint density at radius 2 is 1.57 bits per heavy atom. The summed E-state index contributed by atoms with van der Waals surface area (Å²) < 4.78 is 47.1. The number of nitrogens with zero attached hydrogens (tertiary/aromatic N) is 5. The molecule has 0 unspecified atom stereocenters. The monoisotopic (exact) mass is 411 g/mol. The van der Waals surface area contributed by atoms with Crippen LogP contribution in [0.4, 0.5) is 18.9 Å². The van der Waals surface area contributed by atoms with Gasteiger partial charge >= 0.3 is 0 Å². The van der Waals surface area contributed by atoms with Crippen molar-refractivity contribution in [1.82, 2.24) is 19.7 Å². The minimum absolute atomic E-state index is 0.0361. The van der Waals surface area contributed by atoms with Crippen LogP contribution in [0.5, 0.6) is 0 Å². The second-order valence-corrected chi connectivity index (χ2v) is 7.67. The summed E-state index contributed by atoms with van der Waals surface area (Å²) in [6.45, 7) is 3.94. The molecule has 0 aliphatic carbocycles. The molecule has 0 saturated carbocycles. The lowest BCUT2D eigenvalue weighted by Crippen LogP contribution is -2.45. The summed E-state index contributed by atoms with van der Waals surface area (Å²) in [5.74, 6) is -3.12. The highest BCUT2D eigenvalue weighted by atomic mass is 19.2. The highest BCUT2D eigenvalue weighted by Gasteiger charge is 2.28. The van der Waals surface area contributed by atoms with E-state index in [0.717, 1.165) is 5.69 Å². The Labute approximate surface area is 171 Å². The summed E-state index contributed by atoms with van der Waals surface area (Å²) >= 11 is 0. The number of rotatable bonds is 2. The number of hydrogen-bond acceptors (Lipinski definition) is 4. The van der Waals surface area contributed by atoms with E-state index in [1.165, 1.54) is 6.07 Å². The van der Waals surface area contributed by atoms with Crippen LogP contribution >= 0.6 is 0 Å². The third kappa shape index (κ3) is 2.82. The van der Waals surface area contributed by atoms with Crippen molar-refractivity contribution >= 4 is 27.6 Å². The first-order chi connectivity index (χ1) is 14.5. The SMILES string of the molecule is Cc1nn(-c2ccccc2)c2nc3c(F)c(F)c(N4CCN(C)CC4)c(F)c3cc12. The van der Waals surface area contributed by atoms with Gasteiger partial charge in [0, 0.05) is 37.0 Å². The summed E-state index contributed by atoms with van der Waals surface area (Å²) in [6.07, 6.45) is 0. The number of hydrogen-bond donors (Lipinski definition) is 0. The molecular weight excluding hydrogens is 391 g/mol. The standard InChI is InChI=1S/C22H20F3N5/c1-13-15-12-16-17(23)21(29-10-8-28(2)9-11-29)19(25)18(24)20(16)26-22(15)30(27-13)14-6-4-3-5-7-14/h3-7,12H,8-11H2,1-2H3. The van der Waals surface area contributed by atoms with E-state index in [2.05, 4.69) is 15.0 Å². The van der Waals surface area contributed by atoms with Crippen molar-refractivity contribution in [3.05, 3.63) is 59.5 Å². The molecule has 0 atom stereocenters. The van der Waals surface area contributed by atoms with Gasteiger partial charge in [0.05, 0.1) is 11.4 Å². The molecule has 2 aromatic carbocycles. The van der Waals surface area contributed by atoms with Gasteiger partial charge in [0.2, 0.25) is 0 Å². The number of aromatic nitrogens is 3. The van der Waals surface area contributed by atoms with Crippen molar-refractivity contribution in [3.8, 4) is 5.69 Å². The molecule has 0 spiro atoms. The fraction of sp³-hybridized carbons (Fsp3) is 0.273. The molecule has 3 heterocycles. The Balaban J connectivity index is 1.75. The summed E-state index contributed by atoms with van der Waals surface area (Å²) in [6, 6.07) is 10.8. The maximum atomic E-state index is 15.5. The summed E-state index contributed by atoms with van der Waals surface area (Å²) in [5.41, 5.74) is 1.08. The van der Waals surface area contributed by atoms with E-state index in [1.807, 2.05) is 37.4 Å². The van der Waals surface area contributed by atoms with Crippen molar-refractivity contribution in [2.75, 3.05) is 38.1 Å². The van der Waals surface area contributed by atoms with Gasteiger partial charge in [-0.3, -0.25) is 0 Å². The second-order valence-electron chi connectivity index (χ2n) is 7.67. The zero-order chi connectivity index (χ0) is 21.0. The molecule has 1 aliphatic heterocycles. The molecule has 0 bridgehead atoms. The molecule has 4 aromatic rings. The number of piperazine rings is 1. The van der Waals surface area contributed by atoms with Crippen LogP contribution in [0, 0.1) is 24.4 Å². The quantitative estimate of drug-likeness (QED) is 0.467. The molecule has 0 radical (unpaired) electrons. The maximum Gasteiger partial charge on any atom is 0.187 e.